The number of carbonyl (C=O) groups is 1. The van der Waals surface area contributed by atoms with Gasteiger partial charge in [0.25, 0.3) is 0 Å². The summed E-state index contributed by atoms with van der Waals surface area (Å²) < 4.78 is 4.61. The molecule has 1 rings (SSSR count). The Labute approximate surface area is 56.9 Å². The first kappa shape index (κ1) is 6.22. The third-order valence-corrected chi connectivity index (χ3v) is 1.28. The van der Waals surface area contributed by atoms with Crippen molar-refractivity contribution in [2.75, 3.05) is 0 Å². The summed E-state index contributed by atoms with van der Waals surface area (Å²) in [6.45, 7) is 0. The standard InChI is InChI=1S/C5H4O3S/c6-5(7)4-3(9)1-2-8-4/h1-2,4H,(H,6,7). The maximum Gasteiger partial charge on any atom is 0.350 e. The van der Waals surface area contributed by atoms with Gasteiger partial charge in [0, 0.05) is 0 Å². The van der Waals surface area contributed by atoms with Gasteiger partial charge in [0.05, 0.1) is 11.1 Å². The van der Waals surface area contributed by atoms with Gasteiger partial charge in [0.1, 0.15) is 0 Å². The lowest BCUT2D eigenvalue weighted by Crippen LogP contribution is -2.25. The molecule has 1 atom stereocenters. The van der Waals surface area contributed by atoms with Gasteiger partial charge in [0.15, 0.2) is 0 Å². The van der Waals surface area contributed by atoms with Crippen LogP contribution in [0.15, 0.2) is 12.3 Å². The van der Waals surface area contributed by atoms with Crippen LogP contribution in [-0.2, 0) is 9.53 Å². The van der Waals surface area contributed by atoms with E-state index in [4.69, 9.17) is 5.11 Å². The van der Waals surface area contributed by atoms with Crippen molar-refractivity contribution in [3.63, 3.8) is 0 Å². The SMILES string of the molecule is O=C(O)C1OC=CC1=S. The number of aliphatic carboxylic acids is 1. The molecule has 0 aromatic rings. The maximum atomic E-state index is 10.2. The average molecular weight is 144 g/mol. The molecule has 0 amide bonds. The first-order chi connectivity index (χ1) is 4.22. The number of rotatable bonds is 1. The van der Waals surface area contributed by atoms with Crippen LogP contribution in [-0.4, -0.2) is 22.0 Å². The van der Waals surface area contributed by atoms with Crippen LogP contribution in [0.2, 0.25) is 0 Å². The lowest BCUT2D eigenvalue weighted by molar-refractivity contribution is -0.142. The van der Waals surface area contributed by atoms with Gasteiger partial charge in [-0.05, 0) is 6.08 Å². The highest BCUT2D eigenvalue weighted by molar-refractivity contribution is 7.81. The molecule has 0 saturated carbocycles. The molecule has 1 aliphatic rings. The van der Waals surface area contributed by atoms with Crippen LogP contribution >= 0.6 is 12.2 Å². The number of carboxylic acid groups (broad SMARTS) is 1. The summed E-state index contributed by atoms with van der Waals surface area (Å²) in [4.78, 5) is 10.5. The molecule has 1 N–H and O–H groups in total. The molecule has 1 unspecified atom stereocenters. The molecule has 3 nitrogen and oxygen atoms in total. The molecule has 1 heterocycles. The Bertz CT molecular complexity index is 185. The van der Waals surface area contributed by atoms with Crippen LogP contribution in [0.4, 0.5) is 0 Å². The summed E-state index contributed by atoms with van der Waals surface area (Å²) in [5.74, 6) is -1.04. The highest BCUT2D eigenvalue weighted by Crippen LogP contribution is 2.06. The largest absolute Gasteiger partial charge is 0.481 e. The Kier molecular flexibility index (Phi) is 1.48. The van der Waals surface area contributed by atoms with Gasteiger partial charge in [-0.1, -0.05) is 12.2 Å². The first-order valence-corrected chi connectivity index (χ1v) is 2.71. The predicted octanol–water partition coefficient (Wildman–Crippen LogP) is 0.353. The smallest absolute Gasteiger partial charge is 0.350 e. The highest BCUT2D eigenvalue weighted by atomic mass is 32.1. The van der Waals surface area contributed by atoms with Gasteiger partial charge in [-0.15, -0.1) is 0 Å². The third kappa shape index (κ3) is 1.08. The minimum absolute atomic E-state index is 0.322. The molecule has 0 spiro atoms. The van der Waals surface area contributed by atoms with Crippen molar-refractivity contribution in [2.24, 2.45) is 0 Å². The van der Waals surface area contributed by atoms with Gasteiger partial charge in [-0.3, -0.25) is 0 Å². The van der Waals surface area contributed by atoms with E-state index < -0.39 is 12.1 Å². The first-order valence-electron chi connectivity index (χ1n) is 2.30. The lowest BCUT2D eigenvalue weighted by atomic mass is 10.3. The van der Waals surface area contributed by atoms with E-state index in [1.165, 1.54) is 12.3 Å². The van der Waals surface area contributed by atoms with Crippen molar-refractivity contribution >= 4 is 23.1 Å². The summed E-state index contributed by atoms with van der Waals surface area (Å²) >= 11 is 4.62. The van der Waals surface area contributed by atoms with Crippen LogP contribution in [0, 0.1) is 0 Å². The molecule has 0 aromatic carbocycles. The van der Waals surface area contributed by atoms with Crippen LogP contribution in [0.1, 0.15) is 0 Å². The minimum Gasteiger partial charge on any atom is -0.481 e. The number of ether oxygens (including phenoxy) is 1. The molecule has 48 valence electrons. The van der Waals surface area contributed by atoms with E-state index >= 15 is 0 Å². The Hall–Kier alpha value is -0.900. The van der Waals surface area contributed by atoms with Gasteiger partial charge in [-0.2, -0.15) is 0 Å². The van der Waals surface area contributed by atoms with Crippen molar-refractivity contribution < 1.29 is 14.6 Å². The summed E-state index contributed by atoms with van der Waals surface area (Å²) in [5, 5.41) is 8.33. The zero-order chi connectivity index (χ0) is 6.85. The molecule has 0 aromatic heterocycles. The molecule has 9 heavy (non-hydrogen) atoms. The van der Waals surface area contributed by atoms with Crippen LogP contribution in [0.3, 0.4) is 0 Å². The van der Waals surface area contributed by atoms with E-state index in [1.54, 1.807) is 0 Å². The van der Waals surface area contributed by atoms with Crippen LogP contribution in [0.5, 0.6) is 0 Å². The quantitative estimate of drug-likeness (QED) is 0.539. The molecule has 0 saturated heterocycles. The van der Waals surface area contributed by atoms with Crippen molar-refractivity contribution in [3.8, 4) is 0 Å². The maximum absolute atomic E-state index is 10.2. The monoisotopic (exact) mass is 144 g/mol. The summed E-state index contributed by atoms with van der Waals surface area (Å²) in [6, 6.07) is 0. The number of carboxylic acids is 1. The van der Waals surface area contributed by atoms with Gasteiger partial charge < -0.3 is 9.84 Å². The Morgan fingerprint density at radius 3 is 2.78 bits per heavy atom. The van der Waals surface area contributed by atoms with Crippen LogP contribution in [0.25, 0.3) is 0 Å². The van der Waals surface area contributed by atoms with E-state index in [-0.39, 0.29) is 0 Å². The molecular weight excluding hydrogens is 140 g/mol. The fourth-order valence-corrected chi connectivity index (χ4v) is 0.731. The molecule has 0 radical (unpaired) electrons. The van der Waals surface area contributed by atoms with E-state index in [1.807, 2.05) is 0 Å². The zero-order valence-electron chi connectivity index (χ0n) is 4.40. The van der Waals surface area contributed by atoms with Crippen molar-refractivity contribution in [2.45, 2.75) is 6.10 Å². The van der Waals surface area contributed by atoms with Gasteiger partial charge in [0.2, 0.25) is 6.10 Å². The third-order valence-electron chi connectivity index (χ3n) is 0.930. The fraction of sp³-hybridized carbons (Fsp3) is 0.200. The average Bonchev–Trinajstić information content (AvgIpc) is 2.13. The van der Waals surface area contributed by atoms with E-state index in [0.717, 1.165) is 0 Å². The van der Waals surface area contributed by atoms with E-state index in [2.05, 4.69) is 17.0 Å². The number of thiocarbonyl (C=S) groups is 1. The lowest BCUT2D eigenvalue weighted by Gasteiger charge is -2.01. The van der Waals surface area contributed by atoms with Gasteiger partial charge >= 0.3 is 5.97 Å². The molecule has 0 fully saturated rings. The fourth-order valence-electron chi connectivity index (χ4n) is 0.519. The number of hydrogen-bond donors (Lipinski definition) is 1. The Morgan fingerprint density at radius 2 is 2.56 bits per heavy atom. The Balaban J connectivity index is 2.66. The normalized spacial score (nSPS) is 24.0. The predicted molar refractivity (Wildman–Crippen MR) is 34.2 cm³/mol. The van der Waals surface area contributed by atoms with E-state index in [0.29, 0.717) is 4.86 Å². The van der Waals surface area contributed by atoms with E-state index in [9.17, 15) is 4.79 Å². The zero-order valence-corrected chi connectivity index (χ0v) is 5.22. The van der Waals surface area contributed by atoms with Crippen molar-refractivity contribution in [3.05, 3.63) is 12.3 Å². The second kappa shape index (κ2) is 2.14. The number of hydrogen-bond acceptors (Lipinski definition) is 3. The second-order valence-electron chi connectivity index (χ2n) is 1.56. The minimum atomic E-state index is -1.04. The topological polar surface area (TPSA) is 46.5 Å². The van der Waals surface area contributed by atoms with Crippen molar-refractivity contribution in [1.29, 1.82) is 0 Å². The summed E-state index contributed by atoms with van der Waals surface area (Å²) in [5.41, 5.74) is 0. The molecular formula is C5H4O3S. The Morgan fingerprint density at radius 1 is 1.89 bits per heavy atom. The van der Waals surface area contributed by atoms with Crippen LogP contribution < -0.4 is 0 Å². The second-order valence-corrected chi connectivity index (χ2v) is 2.03. The molecule has 0 bridgehead atoms. The highest BCUT2D eigenvalue weighted by Gasteiger charge is 2.24. The summed E-state index contributed by atoms with van der Waals surface area (Å²) in [7, 11) is 0. The van der Waals surface area contributed by atoms with Crippen molar-refractivity contribution in [1.82, 2.24) is 0 Å². The molecule has 4 heteroatoms. The summed E-state index contributed by atoms with van der Waals surface area (Å²) in [6.07, 6.45) is 1.83. The van der Waals surface area contributed by atoms with Gasteiger partial charge in [-0.25, -0.2) is 4.79 Å². The molecule has 0 aliphatic carbocycles. The molecule has 1 aliphatic heterocycles.